The summed E-state index contributed by atoms with van der Waals surface area (Å²) in [5.74, 6) is 0.849. The molecule has 2 aliphatic heterocycles. The van der Waals surface area contributed by atoms with Crippen LogP contribution in [-0.2, 0) is 11.3 Å². The highest BCUT2D eigenvalue weighted by Gasteiger charge is 2.32. The van der Waals surface area contributed by atoms with Crippen LogP contribution in [0, 0.1) is 5.82 Å². The molecule has 0 spiro atoms. The lowest BCUT2D eigenvalue weighted by Crippen LogP contribution is -2.13. The van der Waals surface area contributed by atoms with Gasteiger partial charge in [0.1, 0.15) is 17.9 Å². The maximum Gasteiger partial charge on any atom is 0.388 e. The third-order valence-electron chi connectivity index (χ3n) is 5.78. The van der Waals surface area contributed by atoms with E-state index in [4.69, 9.17) is 19.4 Å². The fraction of sp³-hybridized carbons (Fsp3) is 0.217. The molecule has 3 aromatic heterocycles. The third kappa shape index (κ3) is 4.08. The number of carboxylic acid groups (broad SMARTS) is 1. The van der Waals surface area contributed by atoms with E-state index in [9.17, 15) is 13.2 Å². The molecule has 0 saturated heterocycles. The average Bonchev–Trinajstić information content (AvgIpc) is 3.51. The van der Waals surface area contributed by atoms with Crippen molar-refractivity contribution in [1.82, 2.24) is 19.6 Å². The molecule has 0 radical (unpaired) electrons. The van der Waals surface area contributed by atoms with Crippen LogP contribution in [0.1, 0.15) is 17.0 Å². The molecule has 2 N–H and O–H groups in total. The minimum absolute atomic E-state index is 0.158. The number of anilines is 1. The van der Waals surface area contributed by atoms with E-state index in [1.165, 1.54) is 18.6 Å². The van der Waals surface area contributed by atoms with Crippen LogP contribution in [0.25, 0.3) is 16.8 Å². The first kappa shape index (κ1) is 23.2. The lowest BCUT2D eigenvalue weighted by molar-refractivity contribution is -0.122. The van der Waals surface area contributed by atoms with Crippen LogP contribution in [0.4, 0.5) is 19.0 Å². The van der Waals surface area contributed by atoms with E-state index in [0.29, 0.717) is 46.3 Å². The van der Waals surface area contributed by atoms with Crippen LogP contribution in [-0.4, -0.2) is 51.0 Å². The maximum atomic E-state index is 14.7. The lowest BCUT2D eigenvalue weighted by atomic mass is 9.96. The van der Waals surface area contributed by atoms with E-state index in [0.717, 1.165) is 5.56 Å². The van der Waals surface area contributed by atoms with Crippen LogP contribution in [0.2, 0.25) is 0 Å². The number of hydrogen-bond acceptors (Lipinski definition) is 8. The molecule has 1 atom stereocenters. The number of alkyl halides is 2. The van der Waals surface area contributed by atoms with E-state index in [2.05, 4.69) is 25.2 Å². The summed E-state index contributed by atoms with van der Waals surface area (Å²) in [6.45, 7) is -2.50. The maximum absolute atomic E-state index is 14.7. The molecule has 10 nitrogen and oxygen atoms in total. The molecular weight excluding hydrogens is 483 g/mol. The Hall–Kier alpha value is -4.55. The molecule has 186 valence electrons. The van der Waals surface area contributed by atoms with Gasteiger partial charge in [-0.05, 0) is 30.3 Å². The summed E-state index contributed by atoms with van der Waals surface area (Å²) in [7, 11) is 0. The Bertz CT molecular complexity index is 1430. The second kappa shape index (κ2) is 9.60. The average molecular weight is 501 g/mol. The lowest BCUT2D eigenvalue weighted by Gasteiger charge is -2.17. The minimum atomic E-state index is -3.04. The fourth-order valence-corrected chi connectivity index (χ4v) is 4.36. The summed E-state index contributed by atoms with van der Waals surface area (Å²) in [4.78, 5) is 12.3. The van der Waals surface area contributed by atoms with Crippen molar-refractivity contribution in [2.45, 2.75) is 19.1 Å². The molecule has 0 saturated carbocycles. The van der Waals surface area contributed by atoms with Gasteiger partial charge in [0.15, 0.2) is 17.2 Å². The molecule has 0 unspecified atom stereocenters. The zero-order chi connectivity index (χ0) is 25.2. The Morgan fingerprint density at radius 2 is 1.97 bits per heavy atom. The normalized spacial score (nSPS) is 15.6. The summed E-state index contributed by atoms with van der Waals surface area (Å²) >= 11 is 0. The molecule has 0 fully saturated rings. The van der Waals surface area contributed by atoms with Crippen LogP contribution in [0.15, 0.2) is 42.9 Å². The monoisotopic (exact) mass is 501 g/mol. The molecule has 0 bridgehead atoms. The third-order valence-corrected chi connectivity index (χ3v) is 5.78. The predicted octanol–water partition coefficient (Wildman–Crippen LogP) is 3.71. The Kier molecular flexibility index (Phi) is 6.19. The number of nitrogens with one attached hydrogen (secondary N) is 1. The van der Waals surface area contributed by atoms with Crippen LogP contribution >= 0.6 is 0 Å². The first-order valence-electron chi connectivity index (χ1n) is 10.7. The fourth-order valence-electron chi connectivity index (χ4n) is 4.36. The number of ether oxygens (including phenoxy) is 3. The smallest absolute Gasteiger partial charge is 0.388 e. The van der Waals surface area contributed by atoms with Crippen molar-refractivity contribution in [3.63, 3.8) is 0 Å². The first-order chi connectivity index (χ1) is 17.5. The van der Waals surface area contributed by atoms with E-state index < -0.39 is 6.61 Å². The van der Waals surface area contributed by atoms with Crippen molar-refractivity contribution in [2.24, 2.45) is 0 Å². The van der Waals surface area contributed by atoms with Gasteiger partial charge in [0.05, 0.1) is 19.1 Å². The van der Waals surface area contributed by atoms with E-state index >= 15 is 0 Å². The number of hydrogen-bond donors (Lipinski definition) is 2. The Morgan fingerprint density at radius 3 is 2.75 bits per heavy atom. The highest BCUT2D eigenvalue weighted by molar-refractivity contribution is 5.84. The number of aromatic nitrogens is 4. The van der Waals surface area contributed by atoms with Crippen molar-refractivity contribution >= 4 is 17.9 Å². The van der Waals surface area contributed by atoms with E-state index in [1.807, 2.05) is 0 Å². The standard InChI is InChI=1S/C22H16F3N5O3.CH2O2/c23-15-3-4-16-18-11(8-31-16)9-32-17-6-13(12-2-1-5-26-21(12)33-22(24)25)19-29-28-10-30(19)20(17)27-7-14(15)18;2-1-3/h1-6,10-11,22,27H,7-9H2;1H,(H,2,3)/t11-;/m1./s1. The molecule has 2 aliphatic rings. The van der Waals surface area contributed by atoms with Crippen LogP contribution in [0.3, 0.4) is 0 Å². The summed E-state index contributed by atoms with van der Waals surface area (Å²) in [5, 5.41) is 18.3. The van der Waals surface area contributed by atoms with Crippen molar-refractivity contribution < 1.29 is 37.3 Å². The number of fused-ring (bicyclic) bond motifs is 3. The summed E-state index contributed by atoms with van der Waals surface area (Å²) in [6, 6.07) is 7.90. The van der Waals surface area contributed by atoms with Gasteiger partial charge in [0.25, 0.3) is 6.47 Å². The van der Waals surface area contributed by atoms with Gasteiger partial charge in [-0.2, -0.15) is 8.78 Å². The zero-order valence-electron chi connectivity index (χ0n) is 18.4. The summed E-state index contributed by atoms with van der Waals surface area (Å²) in [5.41, 5.74) is 2.43. The first-order valence-corrected chi connectivity index (χ1v) is 10.7. The van der Waals surface area contributed by atoms with Gasteiger partial charge in [-0.15, -0.1) is 10.2 Å². The number of nitrogens with zero attached hydrogens (tertiary/aromatic N) is 4. The van der Waals surface area contributed by atoms with Crippen molar-refractivity contribution in [3.05, 3.63) is 59.8 Å². The Morgan fingerprint density at radius 1 is 1.19 bits per heavy atom. The Labute approximate surface area is 201 Å². The van der Waals surface area contributed by atoms with Crippen molar-refractivity contribution in [1.29, 1.82) is 0 Å². The molecule has 13 heteroatoms. The highest BCUT2D eigenvalue weighted by atomic mass is 19.3. The van der Waals surface area contributed by atoms with Gasteiger partial charge < -0.3 is 24.6 Å². The Balaban J connectivity index is 0.000000848. The zero-order valence-corrected chi connectivity index (χ0v) is 18.4. The quantitative estimate of drug-likeness (QED) is 0.405. The number of rotatable bonds is 3. The topological polar surface area (TPSA) is 120 Å². The van der Waals surface area contributed by atoms with Gasteiger partial charge in [0, 0.05) is 35.0 Å². The van der Waals surface area contributed by atoms with E-state index in [-0.39, 0.29) is 37.2 Å². The molecule has 0 aliphatic carbocycles. The van der Waals surface area contributed by atoms with Crippen LogP contribution in [0.5, 0.6) is 17.4 Å². The number of carbonyl (C=O) groups is 1. The van der Waals surface area contributed by atoms with Gasteiger partial charge >= 0.3 is 6.61 Å². The minimum Gasteiger partial charge on any atom is -0.493 e. The van der Waals surface area contributed by atoms with Crippen LogP contribution < -0.4 is 19.5 Å². The predicted molar refractivity (Wildman–Crippen MR) is 119 cm³/mol. The molecule has 6 rings (SSSR count). The van der Waals surface area contributed by atoms with Gasteiger partial charge in [0.2, 0.25) is 5.88 Å². The largest absolute Gasteiger partial charge is 0.493 e. The summed E-state index contributed by atoms with van der Waals surface area (Å²) < 4.78 is 58.8. The van der Waals surface area contributed by atoms with Gasteiger partial charge in [-0.25, -0.2) is 9.37 Å². The molecule has 4 aromatic rings. The second-order valence-corrected chi connectivity index (χ2v) is 7.75. The highest BCUT2D eigenvalue weighted by Crippen LogP contribution is 2.42. The summed E-state index contributed by atoms with van der Waals surface area (Å²) in [6.07, 6.45) is 2.83. The van der Waals surface area contributed by atoms with Gasteiger partial charge in [-0.1, -0.05) is 0 Å². The van der Waals surface area contributed by atoms with Crippen molar-refractivity contribution in [3.8, 4) is 28.5 Å². The number of benzene rings is 1. The molecule has 5 heterocycles. The molecular formula is C23H18F3N5O5. The molecule has 1 aromatic carbocycles. The van der Waals surface area contributed by atoms with E-state index in [1.54, 1.807) is 28.7 Å². The molecule has 36 heavy (non-hydrogen) atoms. The molecule has 0 amide bonds. The number of halogens is 3. The second-order valence-electron chi connectivity index (χ2n) is 7.75. The van der Waals surface area contributed by atoms with Crippen molar-refractivity contribution in [2.75, 3.05) is 18.5 Å². The SMILES string of the molecule is Fc1ccc2c3c1CNc1c(cc(-c4cccnc4OC(F)F)c4nncn14)OC[C@H]3CO2.O=CO. The van der Waals surface area contributed by atoms with Gasteiger partial charge in [-0.3, -0.25) is 9.20 Å². The number of pyridine rings is 2.